The van der Waals surface area contributed by atoms with Crippen molar-refractivity contribution in [3.05, 3.63) is 29.3 Å². The summed E-state index contributed by atoms with van der Waals surface area (Å²) in [5.41, 5.74) is 2.79. The normalized spacial score (nSPS) is 26.0. The van der Waals surface area contributed by atoms with Crippen LogP contribution in [-0.2, 0) is 16.6 Å². The number of hydrogen-bond acceptors (Lipinski definition) is 3. The number of hydrogen-bond donors (Lipinski definition) is 2. The molecule has 1 aromatic carbocycles. The first-order chi connectivity index (χ1) is 11.2. The van der Waals surface area contributed by atoms with E-state index in [4.69, 9.17) is 4.74 Å². The molecule has 1 fully saturated rings. The highest BCUT2D eigenvalue weighted by atomic mass is 16.5. The number of nitrogens with one attached hydrogen (secondary N) is 1. The number of ether oxygens (including phenoxy) is 1. The average Bonchev–Trinajstić information content (AvgIpc) is 2.55. The Bertz CT molecular complexity index is 572. The zero-order valence-corrected chi connectivity index (χ0v) is 13.9. The number of amides is 1. The van der Waals surface area contributed by atoms with Crippen molar-refractivity contribution < 1.29 is 14.6 Å². The van der Waals surface area contributed by atoms with Crippen molar-refractivity contribution >= 4 is 6.09 Å². The molecule has 2 aliphatic carbocycles. The van der Waals surface area contributed by atoms with Gasteiger partial charge in [-0.05, 0) is 68.2 Å². The molecule has 1 saturated carbocycles. The number of phenols is 1. The maximum absolute atomic E-state index is 11.6. The molecule has 126 valence electrons. The van der Waals surface area contributed by atoms with Crippen molar-refractivity contribution in [1.29, 1.82) is 0 Å². The van der Waals surface area contributed by atoms with Gasteiger partial charge in [-0.25, -0.2) is 4.79 Å². The molecule has 1 amide bonds. The molecular weight excluding hydrogens is 290 g/mol. The molecule has 1 aromatic rings. The summed E-state index contributed by atoms with van der Waals surface area (Å²) in [6.45, 7) is 2.84. The molecule has 2 atom stereocenters. The van der Waals surface area contributed by atoms with Gasteiger partial charge in [-0.15, -0.1) is 0 Å². The molecule has 1 unspecified atom stereocenters. The second-order valence-electron chi connectivity index (χ2n) is 6.88. The third-order valence-electron chi connectivity index (χ3n) is 5.71. The molecule has 3 rings (SSSR count). The molecule has 2 N–H and O–H groups in total. The van der Waals surface area contributed by atoms with Crippen LogP contribution in [0, 0.1) is 5.92 Å². The second-order valence-corrected chi connectivity index (χ2v) is 6.88. The fourth-order valence-electron chi connectivity index (χ4n) is 4.70. The maximum Gasteiger partial charge on any atom is 0.407 e. The Kier molecular flexibility index (Phi) is 4.79. The van der Waals surface area contributed by atoms with Crippen molar-refractivity contribution in [3.63, 3.8) is 0 Å². The Hall–Kier alpha value is -1.71. The monoisotopic (exact) mass is 317 g/mol. The molecule has 0 spiro atoms. The van der Waals surface area contributed by atoms with Crippen LogP contribution in [0.1, 0.15) is 56.6 Å². The molecule has 0 aliphatic heterocycles. The van der Waals surface area contributed by atoms with Gasteiger partial charge in [-0.2, -0.15) is 0 Å². The lowest BCUT2D eigenvalue weighted by atomic mass is 9.56. The second kappa shape index (κ2) is 6.81. The van der Waals surface area contributed by atoms with Crippen LogP contribution in [0.15, 0.2) is 18.2 Å². The minimum atomic E-state index is -0.330. The average molecular weight is 317 g/mol. The fourth-order valence-corrected chi connectivity index (χ4v) is 4.70. The quantitative estimate of drug-likeness (QED) is 0.885. The van der Waals surface area contributed by atoms with Crippen molar-refractivity contribution in [2.45, 2.75) is 57.3 Å². The molecule has 0 radical (unpaired) electrons. The molecule has 0 aromatic heterocycles. The van der Waals surface area contributed by atoms with Gasteiger partial charge < -0.3 is 15.2 Å². The van der Waals surface area contributed by atoms with E-state index in [0.29, 0.717) is 24.8 Å². The van der Waals surface area contributed by atoms with Gasteiger partial charge in [0.2, 0.25) is 0 Å². The highest BCUT2D eigenvalue weighted by Gasteiger charge is 2.45. The van der Waals surface area contributed by atoms with E-state index in [2.05, 4.69) is 11.4 Å². The lowest BCUT2D eigenvalue weighted by molar-refractivity contribution is 0.135. The van der Waals surface area contributed by atoms with Crippen LogP contribution >= 0.6 is 0 Å². The number of phenolic OH excluding ortho intramolecular Hbond substituents is 1. The molecular formula is C19H27NO3. The van der Waals surface area contributed by atoms with Gasteiger partial charge in [0.1, 0.15) is 5.75 Å². The predicted molar refractivity (Wildman–Crippen MR) is 89.7 cm³/mol. The van der Waals surface area contributed by atoms with Crippen LogP contribution < -0.4 is 5.32 Å². The summed E-state index contributed by atoms with van der Waals surface area (Å²) in [4.78, 5) is 11.6. The molecule has 0 saturated heterocycles. The van der Waals surface area contributed by atoms with E-state index in [1.54, 1.807) is 6.07 Å². The minimum Gasteiger partial charge on any atom is -0.508 e. The van der Waals surface area contributed by atoms with Gasteiger partial charge in [-0.3, -0.25) is 0 Å². The van der Waals surface area contributed by atoms with Crippen molar-refractivity contribution in [1.82, 2.24) is 5.32 Å². The largest absolute Gasteiger partial charge is 0.508 e. The van der Waals surface area contributed by atoms with Crippen molar-refractivity contribution in [2.24, 2.45) is 5.92 Å². The first-order valence-electron chi connectivity index (χ1n) is 8.89. The first kappa shape index (κ1) is 16.2. The molecule has 4 nitrogen and oxygen atoms in total. The lowest BCUT2D eigenvalue weighted by Crippen LogP contribution is -2.44. The van der Waals surface area contributed by atoms with E-state index in [9.17, 15) is 9.90 Å². The van der Waals surface area contributed by atoms with Crippen LogP contribution in [0.25, 0.3) is 0 Å². The number of fused-ring (bicyclic) bond motifs is 3. The third kappa shape index (κ3) is 3.17. The van der Waals surface area contributed by atoms with Crippen molar-refractivity contribution in [2.75, 3.05) is 13.2 Å². The number of aromatic hydroxyl groups is 1. The highest BCUT2D eigenvalue weighted by molar-refractivity contribution is 5.67. The van der Waals surface area contributed by atoms with Gasteiger partial charge in [0, 0.05) is 12.0 Å². The number of benzene rings is 1. The predicted octanol–water partition coefficient (Wildman–Crippen LogP) is 3.90. The number of carbonyl (C=O) groups excluding carboxylic acids is 1. The Labute approximate surface area is 138 Å². The van der Waals surface area contributed by atoms with E-state index < -0.39 is 0 Å². The number of aryl methyl sites for hydroxylation is 1. The zero-order chi connectivity index (χ0) is 16.3. The maximum atomic E-state index is 11.6. The molecule has 2 aliphatic rings. The van der Waals surface area contributed by atoms with E-state index in [-0.39, 0.29) is 11.5 Å². The summed E-state index contributed by atoms with van der Waals surface area (Å²) in [6.07, 6.45) is 7.85. The number of alkyl carbamates (subject to hydrolysis) is 1. The minimum absolute atomic E-state index is 0.101. The summed E-state index contributed by atoms with van der Waals surface area (Å²) < 4.78 is 4.96. The van der Waals surface area contributed by atoms with E-state index in [0.717, 1.165) is 19.3 Å². The van der Waals surface area contributed by atoms with Crippen molar-refractivity contribution in [3.8, 4) is 5.75 Å². The summed E-state index contributed by atoms with van der Waals surface area (Å²) in [5, 5.41) is 12.9. The van der Waals surface area contributed by atoms with E-state index >= 15 is 0 Å². The lowest BCUT2D eigenvalue weighted by Gasteiger charge is -2.49. The van der Waals surface area contributed by atoms with Crippen LogP contribution in [-0.4, -0.2) is 24.4 Å². The highest BCUT2D eigenvalue weighted by Crippen LogP contribution is 2.52. The Morgan fingerprint density at radius 1 is 1.39 bits per heavy atom. The van der Waals surface area contributed by atoms with Gasteiger partial charge in [-0.1, -0.05) is 18.9 Å². The molecule has 0 bridgehead atoms. The number of carbonyl (C=O) groups is 1. The Morgan fingerprint density at radius 2 is 2.26 bits per heavy atom. The molecule has 4 heteroatoms. The van der Waals surface area contributed by atoms with Gasteiger partial charge in [0.25, 0.3) is 0 Å². The fraction of sp³-hybridized carbons (Fsp3) is 0.632. The van der Waals surface area contributed by atoms with Crippen LogP contribution in [0.2, 0.25) is 0 Å². The topological polar surface area (TPSA) is 58.6 Å². The Balaban J connectivity index is 1.83. The Morgan fingerprint density at radius 3 is 3.09 bits per heavy atom. The van der Waals surface area contributed by atoms with Gasteiger partial charge in [0.05, 0.1) is 6.61 Å². The van der Waals surface area contributed by atoms with E-state index in [1.807, 2.05) is 13.0 Å². The molecule has 23 heavy (non-hydrogen) atoms. The summed E-state index contributed by atoms with van der Waals surface area (Å²) >= 11 is 0. The van der Waals surface area contributed by atoms with Crippen LogP contribution in [0.4, 0.5) is 4.79 Å². The summed E-state index contributed by atoms with van der Waals surface area (Å²) in [7, 11) is 0. The SMILES string of the molecule is CCOC(=O)NCC[C@@]12CCCCC1CCc1ccc(O)cc12. The summed E-state index contributed by atoms with van der Waals surface area (Å²) in [5.74, 6) is 1.02. The van der Waals surface area contributed by atoms with E-state index in [1.165, 1.54) is 36.8 Å². The molecule has 0 heterocycles. The zero-order valence-electron chi connectivity index (χ0n) is 13.9. The summed E-state index contributed by atoms with van der Waals surface area (Å²) in [6, 6.07) is 5.85. The van der Waals surface area contributed by atoms with Gasteiger partial charge in [0.15, 0.2) is 0 Å². The smallest absolute Gasteiger partial charge is 0.407 e. The first-order valence-corrected chi connectivity index (χ1v) is 8.89. The third-order valence-corrected chi connectivity index (χ3v) is 5.71. The van der Waals surface area contributed by atoms with Gasteiger partial charge >= 0.3 is 6.09 Å². The van der Waals surface area contributed by atoms with Crippen LogP contribution in [0.5, 0.6) is 5.75 Å². The number of rotatable bonds is 4. The standard InChI is InChI=1S/C19H27NO3/c1-2-23-18(22)20-12-11-19-10-4-3-5-15(19)8-6-14-7-9-16(21)13-17(14)19/h7,9,13,15,21H,2-6,8,10-12H2,1H3,(H,20,22)/t15?,19-/m0/s1. The van der Waals surface area contributed by atoms with Crippen LogP contribution in [0.3, 0.4) is 0 Å².